The van der Waals surface area contributed by atoms with Gasteiger partial charge in [-0.1, -0.05) is 11.3 Å². The molecule has 1 saturated carbocycles. The van der Waals surface area contributed by atoms with Crippen LogP contribution < -0.4 is 5.32 Å². The van der Waals surface area contributed by atoms with Crippen molar-refractivity contribution in [2.75, 3.05) is 5.32 Å². The smallest absolute Gasteiger partial charge is 0.256 e. The van der Waals surface area contributed by atoms with Crippen molar-refractivity contribution in [3.05, 3.63) is 66.1 Å². The highest BCUT2D eigenvalue weighted by molar-refractivity contribution is 6.03. The zero-order chi connectivity index (χ0) is 15.6. The zero-order valence-electron chi connectivity index (χ0n) is 12.4. The number of hydrogen-bond acceptors (Lipinski definition) is 4. The molecule has 0 radical (unpaired) electrons. The van der Waals surface area contributed by atoms with Crippen LogP contribution in [-0.4, -0.2) is 25.9 Å². The van der Waals surface area contributed by atoms with Gasteiger partial charge in [-0.3, -0.25) is 4.79 Å². The van der Waals surface area contributed by atoms with Gasteiger partial charge < -0.3 is 5.32 Å². The molecule has 1 N–H and O–H groups in total. The first-order valence-electron chi connectivity index (χ1n) is 7.55. The fourth-order valence-electron chi connectivity index (χ4n) is 2.43. The molecule has 4 rings (SSSR count). The van der Waals surface area contributed by atoms with E-state index in [4.69, 9.17) is 0 Å². The third-order valence-electron chi connectivity index (χ3n) is 3.82. The minimum absolute atomic E-state index is 0.171. The van der Waals surface area contributed by atoms with Crippen molar-refractivity contribution >= 4 is 11.7 Å². The summed E-state index contributed by atoms with van der Waals surface area (Å²) in [6.07, 6.45) is 5.74. The predicted octanol–water partition coefficient (Wildman–Crippen LogP) is 2.79. The van der Waals surface area contributed by atoms with Crippen molar-refractivity contribution in [3.63, 3.8) is 0 Å². The van der Waals surface area contributed by atoms with Gasteiger partial charge in [-0.05, 0) is 49.2 Å². The van der Waals surface area contributed by atoms with Crippen molar-refractivity contribution in [2.45, 2.75) is 18.8 Å². The summed E-state index contributed by atoms with van der Waals surface area (Å²) in [5, 5.41) is 10.5. The topological polar surface area (TPSA) is 72.7 Å². The second-order valence-corrected chi connectivity index (χ2v) is 5.57. The van der Waals surface area contributed by atoms with Gasteiger partial charge in [0.05, 0.1) is 18.1 Å². The Hall–Kier alpha value is -3.02. The van der Waals surface area contributed by atoms with Crippen LogP contribution in [0.5, 0.6) is 0 Å². The molecule has 6 heteroatoms. The van der Waals surface area contributed by atoms with E-state index in [-0.39, 0.29) is 5.91 Å². The van der Waals surface area contributed by atoms with Gasteiger partial charge in [0.25, 0.3) is 5.91 Å². The molecule has 1 aliphatic carbocycles. The van der Waals surface area contributed by atoms with Crippen LogP contribution in [0.1, 0.15) is 34.8 Å². The molecule has 0 saturated heterocycles. The molecular formula is C17H15N5O. The predicted molar refractivity (Wildman–Crippen MR) is 85.5 cm³/mol. The molecule has 3 aromatic rings. The summed E-state index contributed by atoms with van der Waals surface area (Å²) in [5.74, 6) is 0.990. The Morgan fingerprint density at radius 2 is 1.96 bits per heavy atom. The van der Waals surface area contributed by atoms with Crippen LogP contribution in [0.3, 0.4) is 0 Å². The first-order valence-corrected chi connectivity index (χ1v) is 7.55. The molecule has 0 aliphatic heterocycles. The normalized spacial score (nSPS) is 13.7. The lowest BCUT2D eigenvalue weighted by Gasteiger charge is -2.07. The molecule has 23 heavy (non-hydrogen) atoms. The summed E-state index contributed by atoms with van der Waals surface area (Å²) in [6.45, 7) is 0. The number of anilines is 1. The summed E-state index contributed by atoms with van der Waals surface area (Å²) < 4.78 is 1.64. The minimum atomic E-state index is -0.171. The highest BCUT2D eigenvalue weighted by atomic mass is 16.1. The number of nitrogens with zero attached hydrogens (tertiary/aromatic N) is 4. The molecule has 0 spiro atoms. The number of carbonyl (C=O) groups excluding carboxylic acids is 1. The number of carbonyl (C=O) groups is 1. The maximum Gasteiger partial charge on any atom is 0.256 e. The van der Waals surface area contributed by atoms with Crippen molar-refractivity contribution < 1.29 is 4.79 Å². The fourth-order valence-corrected chi connectivity index (χ4v) is 2.43. The van der Waals surface area contributed by atoms with Crippen LogP contribution in [0, 0.1) is 0 Å². The molecule has 114 valence electrons. The van der Waals surface area contributed by atoms with Crippen LogP contribution in [0.2, 0.25) is 0 Å². The molecule has 6 nitrogen and oxygen atoms in total. The van der Waals surface area contributed by atoms with Crippen LogP contribution in [0.25, 0.3) is 5.69 Å². The van der Waals surface area contributed by atoms with E-state index in [2.05, 4.69) is 20.6 Å². The number of nitrogens with one attached hydrogen (secondary N) is 1. The molecule has 1 fully saturated rings. The third-order valence-corrected chi connectivity index (χ3v) is 3.82. The Morgan fingerprint density at radius 1 is 1.13 bits per heavy atom. The lowest BCUT2D eigenvalue weighted by atomic mass is 10.2. The van der Waals surface area contributed by atoms with Crippen molar-refractivity contribution in [2.24, 2.45) is 0 Å². The van der Waals surface area contributed by atoms with Crippen molar-refractivity contribution in [3.8, 4) is 5.69 Å². The van der Waals surface area contributed by atoms with Gasteiger partial charge in [-0.15, -0.1) is 5.10 Å². The molecule has 1 aromatic carbocycles. The second kappa shape index (κ2) is 5.64. The highest BCUT2D eigenvalue weighted by Gasteiger charge is 2.25. The highest BCUT2D eigenvalue weighted by Crippen LogP contribution is 2.39. The Bertz CT molecular complexity index is 822. The van der Waals surface area contributed by atoms with Crippen LogP contribution in [0.4, 0.5) is 5.82 Å². The number of benzene rings is 1. The van der Waals surface area contributed by atoms with E-state index >= 15 is 0 Å². The van der Waals surface area contributed by atoms with Crippen LogP contribution in [-0.2, 0) is 0 Å². The molecule has 0 atom stereocenters. The number of pyridine rings is 1. The fraction of sp³-hybridized carbons (Fsp3) is 0.176. The average Bonchev–Trinajstić information content (AvgIpc) is 3.30. The first kappa shape index (κ1) is 13.6. The largest absolute Gasteiger partial charge is 0.307 e. The lowest BCUT2D eigenvalue weighted by Crippen LogP contribution is -2.13. The SMILES string of the molecule is O=C(Nc1cccc(C2CC2)n1)c1ccc(-n2ccnn2)cc1. The number of rotatable bonds is 4. The third kappa shape index (κ3) is 2.96. The maximum absolute atomic E-state index is 12.3. The molecule has 0 bridgehead atoms. The number of amides is 1. The van der Waals surface area contributed by atoms with E-state index in [1.165, 1.54) is 12.8 Å². The van der Waals surface area contributed by atoms with Gasteiger partial charge in [-0.2, -0.15) is 0 Å². The Kier molecular flexibility index (Phi) is 3.34. The van der Waals surface area contributed by atoms with Gasteiger partial charge in [0.15, 0.2) is 0 Å². The van der Waals surface area contributed by atoms with E-state index in [0.717, 1.165) is 11.4 Å². The molecule has 1 amide bonds. The second-order valence-electron chi connectivity index (χ2n) is 5.57. The molecule has 2 aromatic heterocycles. The molecule has 0 unspecified atom stereocenters. The van der Waals surface area contributed by atoms with Gasteiger partial charge in [0.2, 0.25) is 0 Å². The van der Waals surface area contributed by atoms with E-state index in [1.54, 1.807) is 29.2 Å². The number of hydrogen-bond donors (Lipinski definition) is 1. The summed E-state index contributed by atoms with van der Waals surface area (Å²) in [4.78, 5) is 16.8. The lowest BCUT2D eigenvalue weighted by molar-refractivity contribution is 0.102. The summed E-state index contributed by atoms with van der Waals surface area (Å²) in [6, 6.07) is 12.9. The van der Waals surface area contributed by atoms with Gasteiger partial charge in [0, 0.05) is 17.2 Å². The maximum atomic E-state index is 12.3. The Labute approximate surface area is 133 Å². The molecular weight excluding hydrogens is 290 g/mol. The summed E-state index contributed by atoms with van der Waals surface area (Å²) in [5.41, 5.74) is 2.49. The standard InChI is InChI=1S/C17H15N5O/c23-17(20-16-3-1-2-15(19-16)12-4-5-12)13-6-8-14(9-7-13)22-11-10-18-21-22/h1-3,6-12H,4-5H2,(H,19,20,23). The van der Waals surface area contributed by atoms with Crippen LogP contribution in [0.15, 0.2) is 54.9 Å². The monoisotopic (exact) mass is 305 g/mol. The molecule has 2 heterocycles. The average molecular weight is 305 g/mol. The summed E-state index contributed by atoms with van der Waals surface area (Å²) >= 11 is 0. The Balaban J connectivity index is 1.49. The first-order chi connectivity index (χ1) is 11.3. The quantitative estimate of drug-likeness (QED) is 0.804. The van der Waals surface area contributed by atoms with Gasteiger partial charge in [-0.25, -0.2) is 9.67 Å². The Morgan fingerprint density at radius 3 is 2.65 bits per heavy atom. The summed E-state index contributed by atoms with van der Waals surface area (Å²) in [7, 11) is 0. The zero-order valence-corrected chi connectivity index (χ0v) is 12.4. The van der Waals surface area contributed by atoms with Crippen molar-refractivity contribution in [1.82, 2.24) is 20.0 Å². The van der Waals surface area contributed by atoms with E-state index < -0.39 is 0 Å². The number of aromatic nitrogens is 4. The van der Waals surface area contributed by atoms with E-state index in [1.807, 2.05) is 30.3 Å². The van der Waals surface area contributed by atoms with Gasteiger partial charge >= 0.3 is 0 Å². The van der Waals surface area contributed by atoms with E-state index in [9.17, 15) is 4.79 Å². The minimum Gasteiger partial charge on any atom is -0.307 e. The van der Waals surface area contributed by atoms with E-state index in [0.29, 0.717) is 17.3 Å². The van der Waals surface area contributed by atoms with Crippen molar-refractivity contribution in [1.29, 1.82) is 0 Å². The molecule has 1 aliphatic rings. The van der Waals surface area contributed by atoms with Crippen LogP contribution >= 0.6 is 0 Å². The van der Waals surface area contributed by atoms with Gasteiger partial charge in [0.1, 0.15) is 5.82 Å².